The van der Waals surface area contributed by atoms with Crippen LogP contribution in [0.15, 0.2) is 39.9 Å². The highest BCUT2D eigenvalue weighted by Crippen LogP contribution is 2.41. The lowest BCUT2D eigenvalue weighted by molar-refractivity contribution is 0.208. The number of aromatic nitrogens is 2. The lowest BCUT2D eigenvalue weighted by atomic mass is 9.94. The molecule has 0 saturated carbocycles. The van der Waals surface area contributed by atoms with Crippen molar-refractivity contribution in [3.05, 3.63) is 62.3 Å². The zero-order valence-corrected chi connectivity index (χ0v) is 9.77. The summed E-state index contributed by atoms with van der Waals surface area (Å²) < 4.78 is 5.69. The Morgan fingerprint density at radius 3 is 2.56 bits per heavy atom. The molecule has 2 atom stereocenters. The quantitative estimate of drug-likeness (QED) is 0.794. The number of aromatic amines is 2. The van der Waals surface area contributed by atoms with Gasteiger partial charge in [-0.3, -0.25) is 14.8 Å². The van der Waals surface area contributed by atoms with Gasteiger partial charge in [0.05, 0.1) is 5.56 Å². The highest BCUT2D eigenvalue weighted by Gasteiger charge is 2.35. The normalized spacial score (nSPS) is 21.4. The molecule has 0 bridgehead atoms. The van der Waals surface area contributed by atoms with Crippen LogP contribution in [0.5, 0.6) is 5.88 Å². The lowest BCUT2D eigenvalue weighted by Crippen LogP contribution is -2.24. The van der Waals surface area contributed by atoms with Crippen molar-refractivity contribution in [2.45, 2.75) is 18.9 Å². The fourth-order valence-corrected chi connectivity index (χ4v) is 2.36. The second-order valence-corrected chi connectivity index (χ2v) is 4.39. The summed E-state index contributed by atoms with van der Waals surface area (Å²) in [5.41, 5.74) is 0.573. The summed E-state index contributed by atoms with van der Waals surface area (Å²) in [7, 11) is 0. The third-order valence-corrected chi connectivity index (χ3v) is 3.23. The van der Waals surface area contributed by atoms with Gasteiger partial charge < -0.3 is 4.74 Å². The molecule has 5 nitrogen and oxygen atoms in total. The molecule has 2 N–H and O–H groups in total. The number of hydrogen-bond acceptors (Lipinski definition) is 3. The standard InChI is InChI=1S/C13H12N2O3/c1-7-9-11(16)14-13(17)15-12(9)18-10(7)8-5-3-2-4-6-8/h2-7,10H,1H3,(H2,14,15,16,17)/t7-,10+/m1/s1. The Kier molecular flexibility index (Phi) is 2.33. The first-order valence-corrected chi connectivity index (χ1v) is 5.75. The summed E-state index contributed by atoms with van der Waals surface area (Å²) in [5.74, 6) is 0.188. The number of H-pyrrole nitrogens is 2. The van der Waals surface area contributed by atoms with Gasteiger partial charge in [-0.2, -0.15) is 0 Å². The Balaban J connectivity index is 2.10. The Morgan fingerprint density at radius 2 is 1.83 bits per heavy atom. The summed E-state index contributed by atoms with van der Waals surface area (Å²) in [4.78, 5) is 27.7. The van der Waals surface area contributed by atoms with Crippen LogP contribution in [-0.4, -0.2) is 9.97 Å². The largest absolute Gasteiger partial charge is 0.470 e. The molecule has 2 aromatic rings. The number of ether oxygens (including phenoxy) is 1. The van der Waals surface area contributed by atoms with Crippen LogP contribution in [0.3, 0.4) is 0 Å². The van der Waals surface area contributed by atoms with Gasteiger partial charge in [-0.05, 0) is 5.56 Å². The highest BCUT2D eigenvalue weighted by atomic mass is 16.5. The molecule has 3 rings (SSSR count). The Morgan fingerprint density at radius 1 is 1.11 bits per heavy atom. The van der Waals surface area contributed by atoms with Crippen LogP contribution in [0.1, 0.15) is 30.1 Å². The van der Waals surface area contributed by atoms with E-state index in [1.54, 1.807) is 0 Å². The molecule has 0 saturated heterocycles. The van der Waals surface area contributed by atoms with E-state index in [0.717, 1.165) is 5.56 Å². The first kappa shape index (κ1) is 10.8. The lowest BCUT2D eigenvalue weighted by Gasteiger charge is -2.14. The van der Waals surface area contributed by atoms with E-state index in [1.165, 1.54) is 0 Å². The number of hydrogen-bond donors (Lipinski definition) is 2. The minimum absolute atomic E-state index is 0.0944. The summed E-state index contributed by atoms with van der Waals surface area (Å²) in [5, 5.41) is 0. The first-order chi connectivity index (χ1) is 8.66. The molecule has 18 heavy (non-hydrogen) atoms. The summed E-state index contributed by atoms with van der Waals surface area (Å²) in [6, 6.07) is 9.65. The van der Waals surface area contributed by atoms with Crippen molar-refractivity contribution in [1.82, 2.24) is 9.97 Å². The van der Waals surface area contributed by atoms with E-state index in [9.17, 15) is 9.59 Å². The summed E-state index contributed by atoms with van der Waals surface area (Å²) in [6.45, 7) is 1.91. The van der Waals surface area contributed by atoms with Gasteiger partial charge in [-0.25, -0.2) is 4.79 Å². The van der Waals surface area contributed by atoms with Gasteiger partial charge in [-0.15, -0.1) is 0 Å². The smallest absolute Gasteiger partial charge is 0.328 e. The minimum atomic E-state index is -0.542. The van der Waals surface area contributed by atoms with Gasteiger partial charge in [0.1, 0.15) is 6.10 Å². The van der Waals surface area contributed by atoms with Crippen molar-refractivity contribution >= 4 is 0 Å². The van der Waals surface area contributed by atoms with Gasteiger partial charge in [0.15, 0.2) is 0 Å². The van der Waals surface area contributed by atoms with Crippen LogP contribution in [0.2, 0.25) is 0 Å². The minimum Gasteiger partial charge on any atom is -0.470 e. The van der Waals surface area contributed by atoms with E-state index in [1.807, 2.05) is 37.3 Å². The topological polar surface area (TPSA) is 75.0 Å². The Labute approximate surface area is 102 Å². The number of rotatable bonds is 1. The van der Waals surface area contributed by atoms with Crippen LogP contribution >= 0.6 is 0 Å². The van der Waals surface area contributed by atoms with E-state index in [4.69, 9.17) is 4.74 Å². The van der Waals surface area contributed by atoms with Crippen molar-refractivity contribution in [3.8, 4) is 5.88 Å². The molecule has 0 fully saturated rings. The number of nitrogens with one attached hydrogen (secondary N) is 2. The van der Waals surface area contributed by atoms with Gasteiger partial charge >= 0.3 is 5.69 Å². The third kappa shape index (κ3) is 1.55. The van der Waals surface area contributed by atoms with Crippen LogP contribution < -0.4 is 16.0 Å². The van der Waals surface area contributed by atoms with Crippen LogP contribution in [0.4, 0.5) is 0 Å². The average Bonchev–Trinajstić information content (AvgIpc) is 2.67. The third-order valence-electron chi connectivity index (χ3n) is 3.23. The Bertz CT molecular complexity index is 687. The molecule has 5 heteroatoms. The van der Waals surface area contributed by atoms with E-state index in [-0.39, 0.29) is 23.5 Å². The van der Waals surface area contributed by atoms with Crippen molar-refractivity contribution in [3.63, 3.8) is 0 Å². The maximum Gasteiger partial charge on any atom is 0.328 e. The molecular formula is C13H12N2O3. The zero-order chi connectivity index (χ0) is 12.7. The molecule has 0 unspecified atom stereocenters. The van der Waals surface area contributed by atoms with Crippen LogP contribution in [-0.2, 0) is 0 Å². The van der Waals surface area contributed by atoms with Gasteiger partial charge in [0.25, 0.3) is 5.56 Å². The molecule has 1 aliphatic heterocycles. The van der Waals surface area contributed by atoms with Gasteiger partial charge in [0, 0.05) is 5.92 Å². The highest BCUT2D eigenvalue weighted by molar-refractivity contribution is 5.36. The summed E-state index contributed by atoms with van der Waals surface area (Å²) in [6.07, 6.45) is -0.236. The predicted octanol–water partition coefficient (Wildman–Crippen LogP) is 1.30. The fraction of sp³-hybridized carbons (Fsp3) is 0.231. The van der Waals surface area contributed by atoms with Crippen molar-refractivity contribution in [2.75, 3.05) is 0 Å². The molecule has 2 heterocycles. The van der Waals surface area contributed by atoms with Crippen molar-refractivity contribution < 1.29 is 4.74 Å². The van der Waals surface area contributed by atoms with E-state index in [2.05, 4.69) is 9.97 Å². The average molecular weight is 244 g/mol. The monoisotopic (exact) mass is 244 g/mol. The van der Waals surface area contributed by atoms with E-state index < -0.39 is 5.69 Å². The maximum atomic E-state index is 11.8. The second-order valence-electron chi connectivity index (χ2n) is 4.39. The summed E-state index contributed by atoms with van der Waals surface area (Å²) >= 11 is 0. The zero-order valence-electron chi connectivity index (χ0n) is 9.77. The van der Waals surface area contributed by atoms with Crippen LogP contribution in [0, 0.1) is 0 Å². The molecule has 0 spiro atoms. The maximum absolute atomic E-state index is 11.8. The number of fused-ring (bicyclic) bond motifs is 1. The SMILES string of the molecule is C[C@@H]1c2c([nH]c(=O)[nH]c2=O)O[C@@H]1c1ccccc1. The predicted molar refractivity (Wildman–Crippen MR) is 65.9 cm³/mol. The fourth-order valence-electron chi connectivity index (χ4n) is 2.36. The van der Waals surface area contributed by atoms with Crippen molar-refractivity contribution in [2.24, 2.45) is 0 Å². The molecule has 0 amide bonds. The molecule has 92 valence electrons. The van der Waals surface area contributed by atoms with Gasteiger partial charge in [-0.1, -0.05) is 37.3 Å². The first-order valence-electron chi connectivity index (χ1n) is 5.75. The number of benzene rings is 1. The molecule has 1 aromatic carbocycles. The van der Waals surface area contributed by atoms with Gasteiger partial charge in [0.2, 0.25) is 5.88 Å². The molecule has 0 aliphatic carbocycles. The van der Waals surface area contributed by atoms with E-state index in [0.29, 0.717) is 5.56 Å². The second kappa shape index (κ2) is 3.87. The molecule has 0 radical (unpaired) electrons. The van der Waals surface area contributed by atoms with Crippen LogP contribution in [0.25, 0.3) is 0 Å². The molecule has 1 aliphatic rings. The Hall–Kier alpha value is -2.30. The molecule has 1 aromatic heterocycles. The van der Waals surface area contributed by atoms with E-state index >= 15 is 0 Å². The van der Waals surface area contributed by atoms with Crippen molar-refractivity contribution in [1.29, 1.82) is 0 Å². The molecular weight excluding hydrogens is 232 g/mol.